The average molecular weight is 427 g/mol. The van der Waals surface area contributed by atoms with E-state index in [0.717, 1.165) is 42.1 Å². The summed E-state index contributed by atoms with van der Waals surface area (Å²) in [5, 5.41) is 3.37. The lowest BCUT2D eigenvalue weighted by Crippen LogP contribution is -2.24. The minimum Gasteiger partial charge on any atom is -0.452 e. The predicted octanol–water partition coefficient (Wildman–Crippen LogP) is 4.95. The van der Waals surface area contributed by atoms with Gasteiger partial charge in [0.25, 0.3) is 5.91 Å². The molecule has 0 fully saturated rings. The van der Waals surface area contributed by atoms with Crippen LogP contribution in [0.3, 0.4) is 0 Å². The standard InChI is InChI=1S/C23H20ClFN2O3/c1-13-6-9-19-16(10-13)22(15-4-2-3-5-18(15)26-19)23(29)30-12-21(28)27-20-11-14(24)7-8-17(20)25/h2-5,7-8,11,13H,6,9-10,12H2,1H3,(H,27,28). The number of aryl methyl sites for hydroxylation is 1. The van der Waals surface area contributed by atoms with Crippen molar-refractivity contribution in [2.75, 3.05) is 11.9 Å². The summed E-state index contributed by atoms with van der Waals surface area (Å²) in [7, 11) is 0. The molecule has 1 N–H and O–H groups in total. The average Bonchev–Trinajstić information content (AvgIpc) is 2.73. The topological polar surface area (TPSA) is 68.3 Å². The Bertz CT molecular complexity index is 1150. The summed E-state index contributed by atoms with van der Waals surface area (Å²) in [5.41, 5.74) is 2.92. The van der Waals surface area contributed by atoms with Gasteiger partial charge in [-0.25, -0.2) is 9.18 Å². The molecular weight excluding hydrogens is 407 g/mol. The van der Waals surface area contributed by atoms with Gasteiger partial charge in [0.15, 0.2) is 6.61 Å². The second-order valence-corrected chi connectivity index (χ2v) is 7.96. The van der Waals surface area contributed by atoms with E-state index in [1.807, 2.05) is 24.3 Å². The van der Waals surface area contributed by atoms with E-state index in [4.69, 9.17) is 21.3 Å². The van der Waals surface area contributed by atoms with Crippen molar-refractivity contribution in [3.05, 3.63) is 70.1 Å². The van der Waals surface area contributed by atoms with Gasteiger partial charge in [0.2, 0.25) is 0 Å². The lowest BCUT2D eigenvalue weighted by atomic mass is 9.84. The highest BCUT2D eigenvalue weighted by molar-refractivity contribution is 6.30. The molecule has 1 amide bonds. The highest BCUT2D eigenvalue weighted by Crippen LogP contribution is 2.32. The molecule has 30 heavy (non-hydrogen) atoms. The van der Waals surface area contributed by atoms with Gasteiger partial charge >= 0.3 is 5.97 Å². The number of anilines is 1. The maximum absolute atomic E-state index is 13.8. The third-order valence-corrected chi connectivity index (χ3v) is 5.48. The van der Waals surface area contributed by atoms with Gasteiger partial charge < -0.3 is 10.1 Å². The Morgan fingerprint density at radius 2 is 2.07 bits per heavy atom. The highest BCUT2D eigenvalue weighted by Gasteiger charge is 2.26. The molecule has 1 aliphatic carbocycles. The zero-order chi connectivity index (χ0) is 21.3. The summed E-state index contributed by atoms with van der Waals surface area (Å²) in [6.45, 7) is 1.60. The molecule has 0 saturated carbocycles. The second kappa shape index (κ2) is 8.40. The van der Waals surface area contributed by atoms with Gasteiger partial charge in [0.05, 0.1) is 16.8 Å². The molecule has 5 nitrogen and oxygen atoms in total. The van der Waals surface area contributed by atoms with Gasteiger partial charge in [-0.1, -0.05) is 36.7 Å². The van der Waals surface area contributed by atoms with E-state index in [2.05, 4.69) is 12.2 Å². The van der Waals surface area contributed by atoms with Gasteiger partial charge in [-0.15, -0.1) is 0 Å². The van der Waals surface area contributed by atoms with Gasteiger partial charge in [-0.3, -0.25) is 9.78 Å². The van der Waals surface area contributed by atoms with Gasteiger partial charge in [-0.2, -0.15) is 0 Å². The first-order chi connectivity index (χ1) is 14.4. The number of carbonyl (C=O) groups is 2. The van der Waals surface area contributed by atoms with Crippen LogP contribution in [0, 0.1) is 11.7 Å². The molecule has 2 aromatic carbocycles. The molecular formula is C23H20ClFN2O3. The monoisotopic (exact) mass is 426 g/mol. The molecule has 0 radical (unpaired) electrons. The Kier molecular flexibility index (Phi) is 5.68. The molecule has 0 saturated heterocycles. The Balaban J connectivity index is 1.57. The number of aromatic nitrogens is 1. The normalized spacial score (nSPS) is 15.5. The molecule has 0 spiro atoms. The van der Waals surface area contributed by atoms with Crippen LogP contribution in [0.25, 0.3) is 10.9 Å². The molecule has 0 aliphatic heterocycles. The van der Waals surface area contributed by atoms with Crippen LogP contribution in [0.4, 0.5) is 10.1 Å². The second-order valence-electron chi connectivity index (χ2n) is 7.53. The van der Waals surface area contributed by atoms with E-state index in [1.165, 1.54) is 12.1 Å². The summed E-state index contributed by atoms with van der Waals surface area (Å²) in [4.78, 5) is 29.9. The van der Waals surface area contributed by atoms with Crippen molar-refractivity contribution in [1.82, 2.24) is 4.98 Å². The number of hydrogen-bond acceptors (Lipinski definition) is 4. The van der Waals surface area contributed by atoms with Gasteiger partial charge in [-0.05, 0) is 55.0 Å². The molecule has 154 valence electrons. The van der Waals surface area contributed by atoms with Crippen LogP contribution in [-0.4, -0.2) is 23.5 Å². The minimum atomic E-state index is -0.648. The van der Waals surface area contributed by atoms with Crippen LogP contribution in [0.1, 0.15) is 35.0 Å². The zero-order valence-corrected chi connectivity index (χ0v) is 17.1. The van der Waals surface area contributed by atoms with Crippen molar-refractivity contribution in [2.45, 2.75) is 26.2 Å². The molecule has 1 heterocycles. The maximum Gasteiger partial charge on any atom is 0.339 e. The summed E-state index contributed by atoms with van der Waals surface area (Å²) < 4.78 is 19.1. The third kappa shape index (κ3) is 4.14. The number of nitrogens with zero attached hydrogens (tertiary/aromatic N) is 1. The van der Waals surface area contributed by atoms with Crippen molar-refractivity contribution in [3.8, 4) is 0 Å². The molecule has 1 atom stereocenters. The summed E-state index contributed by atoms with van der Waals surface area (Å²) in [6, 6.07) is 11.2. The zero-order valence-electron chi connectivity index (χ0n) is 16.4. The molecule has 3 aromatic rings. The van der Waals surface area contributed by atoms with E-state index < -0.39 is 24.3 Å². The van der Waals surface area contributed by atoms with E-state index in [-0.39, 0.29) is 10.7 Å². The fraction of sp³-hybridized carbons (Fsp3) is 0.261. The molecule has 7 heteroatoms. The SMILES string of the molecule is CC1CCc2nc3ccccc3c(C(=O)OCC(=O)Nc3cc(Cl)ccc3F)c2C1. The number of carbonyl (C=O) groups excluding carboxylic acids is 2. The number of hydrogen-bond donors (Lipinski definition) is 1. The Hall–Kier alpha value is -2.99. The smallest absolute Gasteiger partial charge is 0.339 e. The van der Waals surface area contributed by atoms with E-state index in [1.54, 1.807) is 0 Å². The van der Waals surface area contributed by atoms with Crippen LogP contribution < -0.4 is 5.32 Å². The number of benzene rings is 2. The van der Waals surface area contributed by atoms with Crippen LogP contribution >= 0.6 is 11.6 Å². The maximum atomic E-state index is 13.8. The largest absolute Gasteiger partial charge is 0.452 e. The van der Waals surface area contributed by atoms with E-state index in [0.29, 0.717) is 16.9 Å². The lowest BCUT2D eigenvalue weighted by molar-refractivity contribution is -0.119. The Morgan fingerprint density at radius 3 is 2.90 bits per heavy atom. The number of pyridine rings is 1. The van der Waals surface area contributed by atoms with Crippen molar-refractivity contribution < 1.29 is 18.7 Å². The quantitative estimate of drug-likeness (QED) is 0.599. The fourth-order valence-electron chi connectivity index (χ4n) is 3.78. The first kappa shape index (κ1) is 20.3. The Morgan fingerprint density at radius 1 is 1.27 bits per heavy atom. The molecule has 1 aromatic heterocycles. The van der Waals surface area contributed by atoms with E-state index in [9.17, 15) is 14.0 Å². The van der Waals surface area contributed by atoms with Crippen molar-refractivity contribution in [3.63, 3.8) is 0 Å². The number of esters is 1. The fourth-order valence-corrected chi connectivity index (χ4v) is 3.95. The summed E-state index contributed by atoms with van der Waals surface area (Å²) >= 11 is 5.83. The van der Waals surface area contributed by atoms with Crippen LogP contribution in [0.15, 0.2) is 42.5 Å². The van der Waals surface area contributed by atoms with Crippen LogP contribution in [0.5, 0.6) is 0 Å². The molecule has 1 unspecified atom stereocenters. The number of fused-ring (bicyclic) bond motifs is 2. The van der Waals surface area contributed by atoms with Crippen molar-refractivity contribution in [1.29, 1.82) is 0 Å². The number of nitrogens with one attached hydrogen (secondary N) is 1. The van der Waals surface area contributed by atoms with Crippen molar-refractivity contribution >= 4 is 40.1 Å². The van der Waals surface area contributed by atoms with Gasteiger partial charge in [0.1, 0.15) is 5.82 Å². The number of halogens is 2. The number of amides is 1. The van der Waals surface area contributed by atoms with Crippen LogP contribution in [0.2, 0.25) is 5.02 Å². The third-order valence-electron chi connectivity index (χ3n) is 5.25. The molecule has 1 aliphatic rings. The number of rotatable bonds is 4. The number of para-hydroxylation sites is 1. The lowest BCUT2D eigenvalue weighted by Gasteiger charge is -2.24. The summed E-state index contributed by atoms with van der Waals surface area (Å²) in [5.74, 6) is -1.42. The first-order valence-corrected chi connectivity index (χ1v) is 10.1. The molecule has 0 bridgehead atoms. The van der Waals surface area contributed by atoms with Crippen molar-refractivity contribution in [2.24, 2.45) is 5.92 Å². The molecule has 4 rings (SSSR count). The van der Waals surface area contributed by atoms with E-state index >= 15 is 0 Å². The number of ether oxygens (including phenoxy) is 1. The minimum absolute atomic E-state index is 0.0656. The summed E-state index contributed by atoms with van der Waals surface area (Å²) in [6.07, 6.45) is 2.55. The highest BCUT2D eigenvalue weighted by atomic mass is 35.5. The first-order valence-electron chi connectivity index (χ1n) is 9.75. The van der Waals surface area contributed by atoms with Gasteiger partial charge in [0, 0.05) is 16.1 Å². The van der Waals surface area contributed by atoms with Crippen LogP contribution in [-0.2, 0) is 22.4 Å². The predicted molar refractivity (Wildman–Crippen MR) is 113 cm³/mol. The Labute approximate surface area is 178 Å².